The van der Waals surface area contributed by atoms with Crippen LogP contribution in [0.2, 0.25) is 5.02 Å². The number of benzene rings is 3. The van der Waals surface area contributed by atoms with E-state index in [9.17, 15) is 9.59 Å². The van der Waals surface area contributed by atoms with E-state index in [2.05, 4.69) is 25.1 Å². The predicted octanol–water partition coefficient (Wildman–Crippen LogP) is 5.71. The second-order valence-electron chi connectivity index (χ2n) is 9.42. The Morgan fingerprint density at radius 3 is 2.49 bits per heavy atom. The number of aryl methyl sites for hydroxylation is 1. The minimum atomic E-state index is -0.925. The van der Waals surface area contributed by atoms with E-state index in [1.165, 1.54) is 5.56 Å². The third-order valence-corrected chi connectivity index (χ3v) is 6.54. The highest BCUT2D eigenvalue weighted by molar-refractivity contribution is 6.30. The van der Waals surface area contributed by atoms with Crippen LogP contribution in [-0.4, -0.2) is 34.0 Å². The molecule has 1 heterocycles. The summed E-state index contributed by atoms with van der Waals surface area (Å²) < 4.78 is 6.31. The van der Waals surface area contributed by atoms with E-state index in [4.69, 9.17) is 21.4 Å². The smallest absolute Gasteiger partial charge is 0.305 e. The van der Waals surface area contributed by atoms with Crippen LogP contribution in [0.5, 0.6) is 5.75 Å². The third-order valence-electron chi connectivity index (χ3n) is 6.30. The number of hydrogen-bond donors (Lipinski definition) is 1. The molecular weight excluding hydrogens is 462 g/mol. The molecule has 0 aromatic heterocycles. The normalized spacial score (nSPS) is 16.4. The molecule has 3 aromatic carbocycles. The summed E-state index contributed by atoms with van der Waals surface area (Å²) in [7, 11) is 0. The lowest BCUT2D eigenvalue weighted by molar-refractivity contribution is -0.138. The molecule has 0 spiro atoms. The fourth-order valence-corrected chi connectivity index (χ4v) is 4.86. The van der Waals surface area contributed by atoms with Crippen molar-refractivity contribution < 1.29 is 19.4 Å². The van der Waals surface area contributed by atoms with Crippen molar-refractivity contribution in [1.29, 1.82) is 0 Å². The van der Waals surface area contributed by atoms with Gasteiger partial charge in [-0.2, -0.15) is 0 Å². The van der Waals surface area contributed by atoms with Crippen molar-refractivity contribution in [3.05, 3.63) is 100 Å². The van der Waals surface area contributed by atoms with Crippen LogP contribution in [0.1, 0.15) is 42.0 Å². The van der Waals surface area contributed by atoms with Gasteiger partial charge in [0.1, 0.15) is 11.4 Å². The van der Waals surface area contributed by atoms with Crippen molar-refractivity contribution in [2.24, 2.45) is 0 Å². The highest BCUT2D eigenvalue weighted by atomic mass is 35.5. The molecular formula is C29H30ClNO4. The molecule has 1 N–H and O–H groups in total. The summed E-state index contributed by atoms with van der Waals surface area (Å²) in [5, 5.41) is 9.71. The lowest BCUT2D eigenvalue weighted by atomic mass is 9.91. The van der Waals surface area contributed by atoms with Gasteiger partial charge in [-0.3, -0.25) is 9.59 Å². The minimum Gasteiger partial charge on any atom is -0.487 e. The van der Waals surface area contributed by atoms with Gasteiger partial charge in [0, 0.05) is 37.4 Å². The molecule has 0 bridgehead atoms. The Bertz CT molecular complexity index is 1200. The molecule has 1 atom stereocenters. The molecule has 3 aromatic rings. The quantitative estimate of drug-likeness (QED) is 0.394. The summed E-state index contributed by atoms with van der Waals surface area (Å²) in [5.41, 5.74) is 4.07. The van der Waals surface area contributed by atoms with Gasteiger partial charge in [0.2, 0.25) is 5.91 Å². The second-order valence-corrected chi connectivity index (χ2v) is 9.86. The van der Waals surface area contributed by atoms with Gasteiger partial charge in [-0.05, 0) is 53.8 Å². The number of carbonyl (C=O) groups is 2. The average molecular weight is 492 g/mol. The maximum Gasteiger partial charge on any atom is 0.305 e. The molecule has 182 valence electrons. The van der Waals surface area contributed by atoms with E-state index in [0.29, 0.717) is 24.4 Å². The van der Waals surface area contributed by atoms with Gasteiger partial charge in [0.15, 0.2) is 0 Å². The maximum absolute atomic E-state index is 13.0. The van der Waals surface area contributed by atoms with Crippen LogP contribution >= 0.6 is 11.6 Å². The molecule has 0 radical (unpaired) electrons. The van der Waals surface area contributed by atoms with Crippen molar-refractivity contribution in [2.45, 2.75) is 51.2 Å². The summed E-state index contributed by atoms with van der Waals surface area (Å²) in [6.07, 6.45) is 2.45. The highest BCUT2D eigenvalue weighted by Crippen LogP contribution is 2.37. The summed E-state index contributed by atoms with van der Waals surface area (Å²) in [6, 6.07) is 23.8. The van der Waals surface area contributed by atoms with Crippen LogP contribution in [0.4, 0.5) is 0 Å². The van der Waals surface area contributed by atoms with Crippen LogP contribution < -0.4 is 4.74 Å². The van der Waals surface area contributed by atoms with Gasteiger partial charge in [-0.15, -0.1) is 0 Å². The predicted molar refractivity (Wildman–Crippen MR) is 137 cm³/mol. The molecule has 0 saturated heterocycles. The summed E-state index contributed by atoms with van der Waals surface area (Å²) in [6.45, 7) is 2.64. The zero-order chi connectivity index (χ0) is 24.8. The summed E-state index contributed by atoms with van der Waals surface area (Å²) in [4.78, 5) is 25.8. The molecule has 1 amide bonds. The molecule has 4 rings (SSSR count). The van der Waals surface area contributed by atoms with Gasteiger partial charge in [-0.1, -0.05) is 66.2 Å². The fourth-order valence-electron chi connectivity index (χ4n) is 4.64. The Labute approximate surface area is 211 Å². The summed E-state index contributed by atoms with van der Waals surface area (Å²) in [5.74, 6) is -0.0921. The topological polar surface area (TPSA) is 66.8 Å². The number of nitrogens with zero attached hydrogens (tertiary/aromatic N) is 1. The lowest BCUT2D eigenvalue weighted by Crippen LogP contribution is -2.32. The van der Waals surface area contributed by atoms with Crippen LogP contribution in [0.15, 0.2) is 72.8 Å². The first-order chi connectivity index (χ1) is 16.8. The molecule has 35 heavy (non-hydrogen) atoms. The first-order valence-electron chi connectivity index (χ1n) is 11.9. The van der Waals surface area contributed by atoms with Gasteiger partial charge < -0.3 is 14.7 Å². The first-order valence-corrected chi connectivity index (χ1v) is 12.3. The third kappa shape index (κ3) is 6.86. The Balaban J connectivity index is 1.38. The molecule has 5 nitrogen and oxygen atoms in total. The first kappa shape index (κ1) is 24.8. The molecule has 1 aliphatic rings. The van der Waals surface area contributed by atoms with Crippen molar-refractivity contribution >= 4 is 23.5 Å². The van der Waals surface area contributed by atoms with Crippen molar-refractivity contribution in [2.75, 3.05) is 6.54 Å². The molecule has 0 aliphatic carbocycles. The van der Waals surface area contributed by atoms with Crippen LogP contribution in [-0.2, 0) is 35.4 Å². The van der Waals surface area contributed by atoms with Crippen LogP contribution in [0, 0.1) is 0 Å². The van der Waals surface area contributed by atoms with E-state index in [1.54, 1.807) is 17.0 Å². The number of fused-ring (bicyclic) bond motifs is 1. The average Bonchev–Trinajstić information content (AvgIpc) is 3.15. The van der Waals surface area contributed by atoms with E-state index in [1.807, 2.05) is 42.5 Å². The largest absolute Gasteiger partial charge is 0.487 e. The number of aliphatic carboxylic acids is 1. The van der Waals surface area contributed by atoms with Crippen molar-refractivity contribution in [3.63, 3.8) is 0 Å². The van der Waals surface area contributed by atoms with Gasteiger partial charge in [0.05, 0.1) is 6.42 Å². The number of halogens is 1. The lowest BCUT2D eigenvalue weighted by Gasteiger charge is -2.24. The Morgan fingerprint density at radius 1 is 0.971 bits per heavy atom. The fraction of sp³-hybridized carbons (Fsp3) is 0.310. The molecule has 0 saturated carbocycles. The van der Waals surface area contributed by atoms with E-state index in [0.717, 1.165) is 35.3 Å². The SMILES string of the molecule is CC1(Cc2ccccc2)Cc2cc(CCC(=O)N(CCC(=O)O)Cc3cccc(Cl)c3)ccc2O1. The molecule has 0 fully saturated rings. The van der Waals surface area contributed by atoms with Crippen LogP contribution in [0.25, 0.3) is 0 Å². The van der Waals surface area contributed by atoms with E-state index in [-0.39, 0.29) is 24.5 Å². The second kappa shape index (κ2) is 11.0. The van der Waals surface area contributed by atoms with E-state index < -0.39 is 5.97 Å². The molecule has 6 heteroatoms. The Kier molecular flexibility index (Phi) is 7.76. The highest BCUT2D eigenvalue weighted by Gasteiger charge is 2.35. The Hall–Kier alpha value is -3.31. The number of ether oxygens (including phenoxy) is 1. The summed E-state index contributed by atoms with van der Waals surface area (Å²) >= 11 is 6.08. The standard InChI is InChI=1S/C29H30ClNO4/c1-29(18-22-6-3-2-4-7-22)19-24-16-21(10-12-26(24)35-29)11-13-27(32)31(15-14-28(33)34)20-23-8-5-9-25(30)17-23/h2-10,12,16-17H,11,13-15,18-20H2,1H3,(H,33,34). The number of carboxylic acid groups (broad SMARTS) is 1. The number of carbonyl (C=O) groups excluding carboxylic acids is 1. The van der Waals surface area contributed by atoms with Gasteiger partial charge in [-0.25, -0.2) is 0 Å². The van der Waals surface area contributed by atoms with Crippen LogP contribution in [0.3, 0.4) is 0 Å². The maximum atomic E-state index is 13.0. The molecule has 1 unspecified atom stereocenters. The van der Waals surface area contributed by atoms with E-state index >= 15 is 0 Å². The molecule has 1 aliphatic heterocycles. The minimum absolute atomic E-state index is 0.0723. The Morgan fingerprint density at radius 2 is 1.74 bits per heavy atom. The zero-order valence-corrected chi connectivity index (χ0v) is 20.6. The number of hydrogen-bond acceptors (Lipinski definition) is 3. The zero-order valence-electron chi connectivity index (χ0n) is 19.9. The monoisotopic (exact) mass is 491 g/mol. The van der Waals surface area contributed by atoms with Gasteiger partial charge >= 0.3 is 5.97 Å². The van der Waals surface area contributed by atoms with Gasteiger partial charge in [0.25, 0.3) is 0 Å². The van der Waals surface area contributed by atoms with Crippen molar-refractivity contribution in [3.8, 4) is 5.75 Å². The number of rotatable bonds is 10. The number of carboxylic acids is 1. The number of amides is 1. The van der Waals surface area contributed by atoms with Crippen molar-refractivity contribution in [1.82, 2.24) is 4.90 Å².